The van der Waals surface area contributed by atoms with Crippen LogP contribution in [-0.4, -0.2) is 31.7 Å². The first-order chi connectivity index (χ1) is 16.4. The quantitative estimate of drug-likeness (QED) is 0.403. The van der Waals surface area contributed by atoms with Crippen molar-refractivity contribution in [2.75, 3.05) is 11.9 Å². The van der Waals surface area contributed by atoms with Gasteiger partial charge in [0.25, 0.3) is 0 Å². The van der Waals surface area contributed by atoms with Crippen LogP contribution in [0.15, 0.2) is 59.7 Å². The number of hydrogen-bond acceptors (Lipinski definition) is 5. The maximum absolute atomic E-state index is 13.0. The van der Waals surface area contributed by atoms with Crippen molar-refractivity contribution >= 4 is 28.8 Å². The number of fused-ring (bicyclic) bond motifs is 1. The molecule has 0 fully saturated rings. The predicted octanol–water partition coefficient (Wildman–Crippen LogP) is 4.45. The van der Waals surface area contributed by atoms with E-state index in [9.17, 15) is 9.59 Å². The zero-order chi connectivity index (χ0) is 24.2. The van der Waals surface area contributed by atoms with Gasteiger partial charge < -0.3 is 10.1 Å². The van der Waals surface area contributed by atoms with E-state index in [0.717, 1.165) is 11.3 Å². The number of benzene rings is 2. The molecule has 0 unspecified atom stereocenters. The lowest BCUT2D eigenvalue weighted by Gasteiger charge is -2.12. The van der Waals surface area contributed by atoms with Gasteiger partial charge in [0, 0.05) is 41.6 Å². The molecule has 0 aliphatic heterocycles. The van der Waals surface area contributed by atoms with Crippen molar-refractivity contribution in [3.05, 3.63) is 81.6 Å². The molecule has 0 spiro atoms. The van der Waals surface area contributed by atoms with Crippen LogP contribution in [-0.2, 0) is 11.2 Å². The van der Waals surface area contributed by atoms with E-state index < -0.39 is 0 Å². The fraction of sp³-hybridized carbons (Fsp3) is 0.280. The van der Waals surface area contributed by atoms with E-state index in [-0.39, 0.29) is 23.0 Å². The molecule has 4 aromatic rings. The van der Waals surface area contributed by atoms with Gasteiger partial charge in [-0.15, -0.1) is 10.2 Å². The first-order valence-corrected chi connectivity index (χ1v) is 11.5. The molecule has 1 atom stereocenters. The molecule has 8 nitrogen and oxygen atoms in total. The summed E-state index contributed by atoms with van der Waals surface area (Å²) in [6, 6.07) is 12.7. The molecule has 0 saturated carbocycles. The zero-order valence-electron chi connectivity index (χ0n) is 19.3. The van der Waals surface area contributed by atoms with Crippen LogP contribution < -0.4 is 15.6 Å². The number of hydrogen-bond donors (Lipinski definition) is 1. The molecule has 176 valence electrons. The predicted molar refractivity (Wildman–Crippen MR) is 132 cm³/mol. The topological polar surface area (TPSA) is 90.5 Å². The third kappa shape index (κ3) is 5.12. The molecular formula is C25H26ClN5O3. The SMILES string of the molecule is CCOc1ccc(-n2ccn3c(C[C@H](C)CC(=O)Nc4ccc(C)c(Cl)c4)nnc3c2=O)cc1. The van der Waals surface area contributed by atoms with E-state index in [1.807, 2.05) is 57.2 Å². The van der Waals surface area contributed by atoms with Gasteiger partial charge in [0.2, 0.25) is 11.6 Å². The molecule has 2 aromatic carbocycles. The molecular weight excluding hydrogens is 454 g/mol. The van der Waals surface area contributed by atoms with Gasteiger partial charge in [0.05, 0.1) is 6.61 Å². The minimum absolute atomic E-state index is 0.0122. The molecule has 0 saturated heterocycles. The summed E-state index contributed by atoms with van der Waals surface area (Å²) in [6.45, 7) is 6.37. The number of carbonyl (C=O) groups is 1. The Kier molecular flexibility index (Phi) is 6.98. The van der Waals surface area contributed by atoms with Crippen molar-refractivity contribution in [1.82, 2.24) is 19.2 Å². The number of ether oxygens (including phenoxy) is 1. The summed E-state index contributed by atoms with van der Waals surface area (Å²) in [5.74, 6) is 1.25. The number of halogens is 1. The van der Waals surface area contributed by atoms with E-state index in [1.54, 1.807) is 22.9 Å². The Morgan fingerprint density at radius 1 is 1.15 bits per heavy atom. The van der Waals surface area contributed by atoms with Crippen molar-refractivity contribution in [2.24, 2.45) is 5.92 Å². The number of rotatable bonds is 8. The molecule has 4 rings (SSSR count). The molecule has 2 heterocycles. The highest BCUT2D eigenvalue weighted by Gasteiger charge is 2.16. The largest absolute Gasteiger partial charge is 0.494 e. The lowest BCUT2D eigenvalue weighted by molar-refractivity contribution is -0.116. The second-order valence-electron chi connectivity index (χ2n) is 8.24. The summed E-state index contributed by atoms with van der Waals surface area (Å²) in [6.07, 6.45) is 4.25. The monoisotopic (exact) mass is 479 g/mol. The number of carbonyl (C=O) groups excluding carboxylic acids is 1. The minimum atomic E-state index is -0.271. The summed E-state index contributed by atoms with van der Waals surface area (Å²) in [5.41, 5.74) is 2.29. The van der Waals surface area contributed by atoms with Crippen molar-refractivity contribution in [2.45, 2.75) is 33.6 Å². The minimum Gasteiger partial charge on any atom is -0.494 e. The maximum atomic E-state index is 13.0. The third-order valence-corrected chi connectivity index (χ3v) is 5.89. The highest BCUT2D eigenvalue weighted by atomic mass is 35.5. The normalized spacial score (nSPS) is 12.0. The lowest BCUT2D eigenvalue weighted by Crippen LogP contribution is -2.21. The molecule has 34 heavy (non-hydrogen) atoms. The fourth-order valence-corrected chi connectivity index (χ4v) is 3.91. The van der Waals surface area contributed by atoms with Gasteiger partial charge >= 0.3 is 5.56 Å². The average molecular weight is 480 g/mol. The Balaban J connectivity index is 1.46. The van der Waals surface area contributed by atoms with Crippen molar-refractivity contribution < 1.29 is 9.53 Å². The Bertz CT molecular complexity index is 1380. The van der Waals surface area contributed by atoms with Gasteiger partial charge in [-0.3, -0.25) is 18.6 Å². The number of nitrogens with one attached hydrogen (secondary N) is 1. The summed E-state index contributed by atoms with van der Waals surface area (Å²) < 4.78 is 8.66. The van der Waals surface area contributed by atoms with Gasteiger partial charge in [-0.1, -0.05) is 24.6 Å². The summed E-state index contributed by atoms with van der Waals surface area (Å²) in [4.78, 5) is 25.5. The van der Waals surface area contributed by atoms with E-state index in [0.29, 0.717) is 41.7 Å². The van der Waals surface area contributed by atoms with E-state index >= 15 is 0 Å². The smallest absolute Gasteiger partial charge is 0.300 e. The van der Waals surface area contributed by atoms with Crippen molar-refractivity contribution in [1.29, 1.82) is 0 Å². The van der Waals surface area contributed by atoms with Crippen LogP contribution in [0.1, 0.15) is 31.7 Å². The molecule has 0 aliphatic rings. The van der Waals surface area contributed by atoms with Crippen molar-refractivity contribution in [3.8, 4) is 11.4 Å². The van der Waals surface area contributed by atoms with Gasteiger partial charge in [0.1, 0.15) is 11.6 Å². The zero-order valence-corrected chi connectivity index (χ0v) is 20.0. The maximum Gasteiger partial charge on any atom is 0.300 e. The highest BCUT2D eigenvalue weighted by molar-refractivity contribution is 6.31. The van der Waals surface area contributed by atoms with Crippen LogP contribution >= 0.6 is 11.6 Å². The molecule has 1 amide bonds. The Labute approximate surface area is 202 Å². The third-order valence-electron chi connectivity index (χ3n) is 5.49. The molecule has 9 heteroatoms. The van der Waals surface area contributed by atoms with Crippen LogP contribution in [0.5, 0.6) is 5.75 Å². The number of aryl methyl sites for hydroxylation is 1. The van der Waals surface area contributed by atoms with E-state index in [4.69, 9.17) is 16.3 Å². The van der Waals surface area contributed by atoms with Crippen LogP contribution in [0.25, 0.3) is 11.3 Å². The molecule has 1 N–H and O–H groups in total. The number of anilines is 1. The highest BCUT2D eigenvalue weighted by Crippen LogP contribution is 2.21. The van der Waals surface area contributed by atoms with E-state index in [2.05, 4.69) is 15.5 Å². The Morgan fingerprint density at radius 2 is 1.91 bits per heavy atom. The van der Waals surface area contributed by atoms with Gasteiger partial charge in [0.15, 0.2) is 0 Å². The number of amides is 1. The molecule has 0 bridgehead atoms. The average Bonchev–Trinajstić information content (AvgIpc) is 3.21. The summed E-state index contributed by atoms with van der Waals surface area (Å²) in [7, 11) is 0. The first-order valence-electron chi connectivity index (χ1n) is 11.1. The second-order valence-corrected chi connectivity index (χ2v) is 8.64. The Hall–Kier alpha value is -3.65. The summed E-state index contributed by atoms with van der Waals surface area (Å²) >= 11 is 6.13. The summed E-state index contributed by atoms with van der Waals surface area (Å²) in [5, 5.41) is 11.8. The van der Waals surface area contributed by atoms with Crippen LogP contribution in [0.2, 0.25) is 5.02 Å². The number of aromatic nitrogens is 4. The number of nitrogens with zero attached hydrogens (tertiary/aromatic N) is 4. The fourth-order valence-electron chi connectivity index (χ4n) is 3.73. The second kappa shape index (κ2) is 10.1. The molecule has 2 aromatic heterocycles. The van der Waals surface area contributed by atoms with Gasteiger partial charge in [-0.25, -0.2) is 0 Å². The first kappa shape index (κ1) is 23.5. The Morgan fingerprint density at radius 3 is 2.62 bits per heavy atom. The molecule has 0 radical (unpaired) electrons. The van der Waals surface area contributed by atoms with Crippen LogP contribution in [0.3, 0.4) is 0 Å². The lowest BCUT2D eigenvalue weighted by atomic mass is 10.0. The van der Waals surface area contributed by atoms with Gasteiger partial charge in [-0.05, 0) is 61.7 Å². The standard InChI is InChI=1S/C25H26ClN5O3/c1-4-34-20-9-7-19(8-10-20)30-11-12-31-22(28-29-24(31)25(30)33)13-16(2)14-23(32)27-18-6-5-17(3)21(26)15-18/h5-12,15-16H,4,13-14H2,1-3H3,(H,27,32)/t16-/m0/s1. The molecule has 0 aliphatic carbocycles. The van der Waals surface area contributed by atoms with Gasteiger partial charge in [-0.2, -0.15) is 0 Å². The van der Waals surface area contributed by atoms with Crippen molar-refractivity contribution in [3.63, 3.8) is 0 Å². The van der Waals surface area contributed by atoms with Crippen LogP contribution in [0.4, 0.5) is 5.69 Å². The van der Waals surface area contributed by atoms with Crippen LogP contribution in [0, 0.1) is 12.8 Å². The van der Waals surface area contributed by atoms with E-state index in [1.165, 1.54) is 4.57 Å².